The second-order valence-electron chi connectivity index (χ2n) is 4.35. The molecule has 102 valence electrons. The van der Waals surface area contributed by atoms with E-state index in [4.69, 9.17) is 10.5 Å². The van der Waals surface area contributed by atoms with Crippen LogP contribution in [-0.2, 0) is 14.3 Å². The van der Waals surface area contributed by atoms with Gasteiger partial charge in [-0.1, -0.05) is 0 Å². The number of esters is 1. The van der Waals surface area contributed by atoms with E-state index in [0.717, 1.165) is 0 Å². The van der Waals surface area contributed by atoms with E-state index in [2.05, 4.69) is 4.74 Å². The quantitative estimate of drug-likeness (QED) is 0.645. The Morgan fingerprint density at radius 1 is 1.42 bits per heavy atom. The second kappa shape index (κ2) is 5.17. The summed E-state index contributed by atoms with van der Waals surface area (Å²) in [4.78, 5) is 24.9. The van der Waals surface area contributed by atoms with Crippen LogP contribution in [-0.4, -0.2) is 32.6 Å². The highest BCUT2D eigenvalue weighted by molar-refractivity contribution is 5.99. The van der Waals surface area contributed by atoms with Crippen LogP contribution in [0.1, 0.15) is 6.42 Å². The summed E-state index contributed by atoms with van der Waals surface area (Å²) in [6, 6.07) is 5.10. The minimum Gasteiger partial charge on any atom is -0.495 e. The molecule has 0 aromatic heterocycles. The predicted octanol–water partition coefficient (Wildman–Crippen LogP) is 0.803. The number of nitrogen functional groups attached to an aromatic ring is 1. The van der Waals surface area contributed by atoms with E-state index >= 15 is 0 Å². The van der Waals surface area contributed by atoms with Crippen molar-refractivity contribution in [3.8, 4) is 5.75 Å². The van der Waals surface area contributed by atoms with Gasteiger partial charge in [0.1, 0.15) is 5.75 Å². The van der Waals surface area contributed by atoms with Crippen molar-refractivity contribution >= 4 is 23.3 Å². The van der Waals surface area contributed by atoms with Crippen molar-refractivity contribution in [1.82, 2.24) is 0 Å². The van der Waals surface area contributed by atoms with Crippen molar-refractivity contribution in [2.75, 3.05) is 31.4 Å². The van der Waals surface area contributed by atoms with Crippen molar-refractivity contribution in [3.63, 3.8) is 0 Å². The molecule has 1 amide bonds. The van der Waals surface area contributed by atoms with Gasteiger partial charge >= 0.3 is 5.97 Å². The Bertz CT molecular complexity index is 515. The van der Waals surface area contributed by atoms with Gasteiger partial charge in [-0.25, -0.2) is 0 Å². The lowest BCUT2D eigenvalue weighted by molar-refractivity contribution is -0.145. The van der Waals surface area contributed by atoms with Crippen molar-refractivity contribution in [2.45, 2.75) is 6.42 Å². The van der Waals surface area contributed by atoms with E-state index in [1.807, 2.05) is 0 Å². The van der Waals surface area contributed by atoms with Crippen LogP contribution in [0.4, 0.5) is 11.4 Å². The molecule has 0 saturated carbocycles. The van der Waals surface area contributed by atoms with E-state index in [1.165, 1.54) is 19.1 Å². The number of ether oxygens (including phenoxy) is 2. The molecular formula is C13H16N2O4. The van der Waals surface area contributed by atoms with Crippen molar-refractivity contribution < 1.29 is 19.1 Å². The van der Waals surface area contributed by atoms with E-state index in [9.17, 15) is 9.59 Å². The smallest absolute Gasteiger partial charge is 0.311 e. The van der Waals surface area contributed by atoms with Gasteiger partial charge in [-0.3, -0.25) is 9.59 Å². The molecule has 0 unspecified atom stereocenters. The van der Waals surface area contributed by atoms with Gasteiger partial charge in [-0.2, -0.15) is 0 Å². The SMILES string of the molecule is COC(=O)[C@@H]1CC(=O)N(c2ccc(OC)c(N)c2)C1. The number of carbonyl (C=O) groups is 2. The molecule has 6 heteroatoms. The number of hydrogen-bond acceptors (Lipinski definition) is 5. The molecule has 1 fully saturated rings. The van der Waals surface area contributed by atoms with Crippen LogP contribution < -0.4 is 15.4 Å². The van der Waals surface area contributed by atoms with E-state index in [1.54, 1.807) is 18.2 Å². The van der Waals surface area contributed by atoms with E-state index in [-0.39, 0.29) is 18.3 Å². The first kappa shape index (κ1) is 13.2. The van der Waals surface area contributed by atoms with Crippen LogP contribution in [0.5, 0.6) is 5.75 Å². The molecule has 0 radical (unpaired) electrons. The fourth-order valence-electron chi connectivity index (χ4n) is 2.17. The van der Waals surface area contributed by atoms with Crippen molar-refractivity contribution in [3.05, 3.63) is 18.2 Å². The molecule has 1 aromatic carbocycles. The summed E-state index contributed by atoms with van der Waals surface area (Å²) in [5.74, 6) is -0.335. The number of amides is 1. The van der Waals surface area contributed by atoms with Gasteiger partial charge in [0.2, 0.25) is 5.91 Å². The van der Waals surface area contributed by atoms with Gasteiger partial charge < -0.3 is 20.1 Å². The third-order valence-corrected chi connectivity index (χ3v) is 3.18. The van der Waals surface area contributed by atoms with Gasteiger partial charge in [0.25, 0.3) is 0 Å². The first-order valence-electron chi connectivity index (χ1n) is 5.88. The highest BCUT2D eigenvalue weighted by atomic mass is 16.5. The molecule has 2 N–H and O–H groups in total. The molecule has 1 aromatic rings. The first-order chi connectivity index (χ1) is 9.06. The summed E-state index contributed by atoms with van der Waals surface area (Å²) in [5.41, 5.74) is 6.93. The van der Waals surface area contributed by atoms with Crippen LogP contribution in [0.2, 0.25) is 0 Å². The zero-order valence-electron chi connectivity index (χ0n) is 10.9. The topological polar surface area (TPSA) is 81.9 Å². The normalized spacial score (nSPS) is 18.5. The lowest BCUT2D eigenvalue weighted by Crippen LogP contribution is -2.26. The number of nitrogens with two attached hydrogens (primary N) is 1. The maximum Gasteiger partial charge on any atom is 0.311 e. The highest BCUT2D eigenvalue weighted by Gasteiger charge is 2.35. The Balaban J connectivity index is 2.21. The van der Waals surface area contributed by atoms with Gasteiger partial charge in [-0.05, 0) is 18.2 Å². The summed E-state index contributed by atoms with van der Waals surface area (Å²) in [6.45, 7) is 0.317. The van der Waals surface area contributed by atoms with Crippen LogP contribution >= 0.6 is 0 Å². The average molecular weight is 264 g/mol. The summed E-state index contributed by atoms with van der Waals surface area (Å²) in [6.07, 6.45) is 0.165. The monoisotopic (exact) mass is 264 g/mol. The minimum absolute atomic E-state index is 0.111. The van der Waals surface area contributed by atoms with E-state index < -0.39 is 5.92 Å². The molecule has 1 saturated heterocycles. The number of benzene rings is 1. The number of hydrogen-bond donors (Lipinski definition) is 1. The molecule has 0 bridgehead atoms. The lowest BCUT2D eigenvalue weighted by atomic mass is 10.1. The number of carbonyl (C=O) groups excluding carboxylic acids is 2. The van der Waals surface area contributed by atoms with Crippen molar-refractivity contribution in [1.29, 1.82) is 0 Å². The van der Waals surface area contributed by atoms with Gasteiger partial charge in [-0.15, -0.1) is 0 Å². The maximum absolute atomic E-state index is 11.9. The largest absolute Gasteiger partial charge is 0.495 e. The molecule has 2 rings (SSSR count). The zero-order valence-corrected chi connectivity index (χ0v) is 10.9. The number of rotatable bonds is 3. The van der Waals surface area contributed by atoms with Gasteiger partial charge in [0, 0.05) is 18.7 Å². The highest BCUT2D eigenvalue weighted by Crippen LogP contribution is 2.31. The molecule has 0 aliphatic carbocycles. The Labute approximate surface area is 111 Å². The zero-order chi connectivity index (χ0) is 14.0. The van der Waals surface area contributed by atoms with Gasteiger partial charge in [0.15, 0.2) is 0 Å². The summed E-state index contributed by atoms with van der Waals surface area (Å²) < 4.78 is 9.73. The Kier molecular flexibility index (Phi) is 3.59. The Morgan fingerprint density at radius 2 is 2.16 bits per heavy atom. The number of methoxy groups -OCH3 is 2. The fourth-order valence-corrected chi connectivity index (χ4v) is 2.17. The number of nitrogens with zero attached hydrogens (tertiary/aromatic N) is 1. The molecule has 1 aliphatic rings. The van der Waals surface area contributed by atoms with Crippen molar-refractivity contribution in [2.24, 2.45) is 5.92 Å². The first-order valence-corrected chi connectivity index (χ1v) is 5.88. The third-order valence-electron chi connectivity index (χ3n) is 3.18. The molecule has 1 atom stereocenters. The lowest BCUT2D eigenvalue weighted by Gasteiger charge is -2.17. The Morgan fingerprint density at radius 3 is 2.74 bits per heavy atom. The van der Waals surface area contributed by atoms with Gasteiger partial charge in [0.05, 0.1) is 25.8 Å². The molecule has 0 spiro atoms. The van der Waals surface area contributed by atoms with E-state index in [0.29, 0.717) is 23.7 Å². The van der Waals surface area contributed by atoms with Crippen LogP contribution in [0.3, 0.4) is 0 Å². The fraction of sp³-hybridized carbons (Fsp3) is 0.385. The average Bonchev–Trinajstić information content (AvgIpc) is 2.80. The maximum atomic E-state index is 11.9. The minimum atomic E-state index is -0.416. The predicted molar refractivity (Wildman–Crippen MR) is 69.9 cm³/mol. The van der Waals surface area contributed by atoms with Crippen LogP contribution in [0, 0.1) is 5.92 Å². The summed E-state index contributed by atoms with van der Waals surface area (Å²) >= 11 is 0. The number of anilines is 2. The molecular weight excluding hydrogens is 248 g/mol. The Hall–Kier alpha value is -2.24. The third kappa shape index (κ3) is 2.47. The summed E-state index contributed by atoms with van der Waals surface area (Å²) in [5, 5.41) is 0. The van der Waals surface area contributed by atoms with Crippen LogP contribution in [0.15, 0.2) is 18.2 Å². The second-order valence-corrected chi connectivity index (χ2v) is 4.35. The molecule has 1 heterocycles. The molecule has 1 aliphatic heterocycles. The standard InChI is InChI=1S/C13H16N2O4/c1-18-11-4-3-9(6-10(11)14)15-7-8(5-12(15)16)13(17)19-2/h3-4,6,8H,5,7,14H2,1-2H3/t8-/m1/s1. The summed E-state index contributed by atoms with van der Waals surface area (Å²) in [7, 11) is 2.85. The molecule has 19 heavy (non-hydrogen) atoms. The molecule has 6 nitrogen and oxygen atoms in total. The van der Waals surface area contributed by atoms with Crippen LogP contribution in [0.25, 0.3) is 0 Å².